The minimum absolute atomic E-state index is 0.0620. The summed E-state index contributed by atoms with van der Waals surface area (Å²) < 4.78 is 5.08. The number of hydrogen-bond donors (Lipinski definition) is 0. The SMILES string of the molecule is CC(C=CCC(C)CC(C)C(C)C)=CC(=O)OC(C)C. The van der Waals surface area contributed by atoms with Crippen LogP contribution < -0.4 is 0 Å². The molecular formula is C18H32O2. The molecule has 0 radical (unpaired) electrons. The number of carbonyl (C=O) groups is 1. The lowest BCUT2D eigenvalue weighted by atomic mass is 9.87. The second-order valence-electron chi connectivity index (χ2n) is 6.57. The first-order chi connectivity index (χ1) is 9.22. The van der Waals surface area contributed by atoms with E-state index in [-0.39, 0.29) is 12.1 Å². The van der Waals surface area contributed by atoms with Crippen molar-refractivity contribution in [1.29, 1.82) is 0 Å². The van der Waals surface area contributed by atoms with Gasteiger partial charge in [-0.1, -0.05) is 39.8 Å². The van der Waals surface area contributed by atoms with E-state index in [9.17, 15) is 4.79 Å². The van der Waals surface area contributed by atoms with Gasteiger partial charge in [0.15, 0.2) is 0 Å². The zero-order valence-corrected chi connectivity index (χ0v) is 14.3. The highest BCUT2D eigenvalue weighted by atomic mass is 16.5. The van der Waals surface area contributed by atoms with Gasteiger partial charge in [-0.3, -0.25) is 0 Å². The molecule has 0 aliphatic carbocycles. The van der Waals surface area contributed by atoms with Crippen molar-refractivity contribution in [2.45, 2.75) is 67.4 Å². The molecule has 0 aliphatic rings. The number of carbonyl (C=O) groups excluding carboxylic acids is 1. The Labute approximate surface area is 125 Å². The monoisotopic (exact) mass is 280 g/mol. The van der Waals surface area contributed by atoms with Crippen molar-refractivity contribution in [2.75, 3.05) is 0 Å². The summed E-state index contributed by atoms with van der Waals surface area (Å²) in [5.41, 5.74) is 0.944. The molecule has 2 heteroatoms. The first-order valence-corrected chi connectivity index (χ1v) is 7.77. The third kappa shape index (κ3) is 9.82. The molecule has 0 spiro atoms. The number of esters is 1. The topological polar surface area (TPSA) is 26.3 Å². The fraction of sp³-hybridized carbons (Fsp3) is 0.722. The Kier molecular flexibility index (Phi) is 9.28. The van der Waals surface area contributed by atoms with Crippen molar-refractivity contribution in [2.24, 2.45) is 17.8 Å². The van der Waals surface area contributed by atoms with Crippen molar-refractivity contribution in [3.05, 3.63) is 23.8 Å². The van der Waals surface area contributed by atoms with Crippen LogP contribution in [0.25, 0.3) is 0 Å². The Morgan fingerprint density at radius 3 is 2.20 bits per heavy atom. The fourth-order valence-corrected chi connectivity index (χ4v) is 1.99. The average Bonchev–Trinajstić information content (AvgIpc) is 2.26. The van der Waals surface area contributed by atoms with E-state index in [4.69, 9.17) is 4.74 Å². The highest BCUT2D eigenvalue weighted by molar-refractivity contribution is 5.83. The van der Waals surface area contributed by atoms with Gasteiger partial charge in [0.1, 0.15) is 0 Å². The summed E-state index contributed by atoms with van der Waals surface area (Å²) in [6, 6.07) is 0. The van der Waals surface area contributed by atoms with E-state index in [0.717, 1.165) is 23.8 Å². The van der Waals surface area contributed by atoms with Gasteiger partial charge in [-0.2, -0.15) is 0 Å². The molecule has 0 amide bonds. The van der Waals surface area contributed by atoms with Crippen molar-refractivity contribution < 1.29 is 9.53 Å². The molecule has 0 saturated carbocycles. The Bertz CT molecular complexity index is 337. The Hall–Kier alpha value is -1.05. The molecule has 0 aromatic carbocycles. The predicted molar refractivity (Wildman–Crippen MR) is 86.5 cm³/mol. The van der Waals surface area contributed by atoms with Crippen LogP contribution in [0.1, 0.15) is 61.3 Å². The van der Waals surface area contributed by atoms with E-state index in [2.05, 4.69) is 33.8 Å². The lowest BCUT2D eigenvalue weighted by molar-refractivity contribution is -0.141. The standard InChI is InChI=1S/C18H32O2/c1-13(2)17(7)11-15(5)9-8-10-16(6)12-18(19)20-14(3)4/h8,10,12-15,17H,9,11H2,1-7H3. The van der Waals surface area contributed by atoms with Crippen LogP contribution in [0.5, 0.6) is 0 Å². The van der Waals surface area contributed by atoms with E-state index < -0.39 is 0 Å². The number of rotatable bonds is 8. The smallest absolute Gasteiger partial charge is 0.331 e. The number of ether oxygens (including phenoxy) is 1. The summed E-state index contributed by atoms with van der Waals surface area (Å²) in [6.45, 7) is 14.8. The van der Waals surface area contributed by atoms with E-state index in [1.165, 1.54) is 6.42 Å². The lowest BCUT2D eigenvalue weighted by Crippen LogP contribution is -2.09. The molecule has 0 bridgehead atoms. The molecule has 0 aliphatic heterocycles. The van der Waals surface area contributed by atoms with Crippen LogP contribution in [0.2, 0.25) is 0 Å². The molecule has 0 N–H and O–H groups in total. The molecule has 2 nitrogen and oxygen atoms in total. The van der Waals surface area contributed by atoms with Crippen LogP contribution in [-0.2, 0) is 9.53 Å². The number of hydrogen-bond acceptors (Lipinski definition) is 2. The normalized spacial score (nSPS) is 15.9. The van der Waals surface area contributed by atoms with E-state index in [1.54, 1.807) is 6.08 Å². The average molecular weight is 280 g/mol. The zero-order valence-electron chi connectivity index (χ0n) is 14.3. The van der Waals surface area contributed by atoms with Crippen molar-refractivity contribution in [1.82, 2.24) is 0 Å². The second-order valence-corrected chi connectivity index (χ2v) is 6.57. The first-order valence-electron chi connectivity index (χ1n) is 7.77. The van der Waals surface area contributed by atoms with Gasteiger partial charge in [0.2, 0.25) is 0 Å². The van der Waals surface area contributed by atoms with Gasteiger partial charge in [-0.25, -0.2) is 4.79 Å². The van der Waals surface area contributed by atoms with Gasteiger partial charge in [0, 0.05) is 6.08 Å². The van der Waals surface area contributed by atoms with Crippen LogP contribution in [0.4, 0.5) is 0 Å². The summed E-state index contributed by atoms with van der Waals surface area (Å²) in [4.78, 5) is 11.4. The van der Waals surface area contributed by atoms with Gasteiger partial charge in [-0.05, 0) is 56.9 Å². The summed E-state index contributed by atoms with van der Waals surface area (Å²) >= 11 is 0. The molecule has 0 fully saturated rings. The minimum atomic E-state index is -0.261. The van der Waals surface area contributed by atoms with Gasteiger partial charge in [-0.15, -0.1) is 0 Å². The molecule has 2 atom stereocenters. The Morgan fingerprint density at radius 2 is 1.70 bits per heavy atom. The second kappa shape index (κ2) is 9.79. The van der Waals surface area contributed by atoms with Crippen LogP contribution >= 0.6 is 0 Å². The van der Waals surface area contributed by atoms with E-state index >= 15 is 0 Å². The van der Waals surface area contributed by atoms with Crippen molar-refractivity contribution in [3.63, 3.8) is 0 Å². The maximum Gasteiger partial charge on any atom is 0.331 e. The lowest BCUT2D eigenvalue weighted by Gasteiger charge is -2.19. The number of allylic oxidation sites excluding steroid dienone is 3. The van der Waals surface area contributed by atoms with Gasteiger partial charge in [0.25, 0.3) is 0 Å². The summed E-state index contributed by atoms with van der Waals surface area (Å²) in [5, 5.41) is 0. The summed E-state index contributed by atoms with van der Waals surface area (Å²) in [5.74, 6) is 1.92. The molecule has 0 heterocycles. The third-order valence-corrected chi connectivity index (χ3v) is 3.53. The van der Waals surface area contributed by atoms with Crippen molar-refractivity contribution >= 4 is 5.97 Å². The highest BCUT2D eigenvalue weighted by Crippen LogP contribution is 2.21. The summed E-state index contributed by atoms with van der Waals surface area (Å²) in [6.07, 6.45) is 7.97. The Morgan fingerprint density at radius 1 is 1.10 bits per heavy atom. The van der Waals surface area contributed by atoms with Gasteiger partial charge in [0.05, 0.1) is 6.10 Å². The van der Waals surface area contributed by atoms with Crippen LogP contribution in [-0.4, -0.2) is 12.1 Å². The third-order valence-electron chi connectivity index (χ3n) is 3.53. The van der Waals surface area contributed by atoms with Crippen LogP contribution in [0.3, 0.4) is 0 Å². The quantitative estimate of drug-likeness (QED) is 0.349. The summed E-state index contributed by atoms with van der Waals surface area (Å²) in [7, 11) is 0. The van der Waals surface area contributed by atoms with E-state index in [0.29, 0.717) is 5.92 Å². The van der Waals surface area contributed by atoms with Crippen LogP contribution in [0, 0.1) is 17.8 Å². The van der Waals surface area contributed by atoms with Crippen LogP contribution in [0.15, 0.2) is 23.8 Å². The first kappa shape index (κ1) is 18.9. The molecule has 0 rings (SSSR count). The van der Waals surface area contributed by atoms with E-state index in [1.807, 2.05) is 26.8 Å². The highest BCUT2D eigenvalue weighted by Gasteiger charge is 2.10. The minimum Gasteiger partial charge on any atom is -0.460 e. The molecule has 0 saturated heterocycles. The van der Waals surface area contributed by atoms with Gasteiger partial charge < -0.3 is 4.74 Å². The Balaban J connectivity index is 4.17. The molecule has 0 aromatic heterocycles. The molecular weight excluding hydrogens is 248 g/mol. The zero-order chi connectivity index (χ0) is 15.7. The molecule has 116 valence electrons. The molecule has 20 heavy (non-hydrogen) atoms. The molecule has 0 aromatic rings. The van der Waals surface area contributed by atoms with Crippen molar-refractivity contribution in [3.8, 4) is 0 Å². The maximum atomic E-state index is 11.4. The fourth-order valence-electron chi connectivity index (χ4n) is 1.99. The van der Waals surface area contributed by atoms with Gasteiger partial charge >= 0.3 is 5.97 Å². The largest absolute Gasteiger partial charge is 0.460 e. The molecule has 2 unspecified atom stereocenters. The predicted octanol–water partition coefficient (Wildman–Crippen LogP) is 5.15. The maximum absolute atomic E-state index is 11.4.